The van der Waals surface area contributed by atoms with Gasteiger partial charge in [0.1, 0.15) is 12.1 Å². The van der Waals surface area contributed by atoms with Crippen molar-refractivity contribution in [1.82, 2.24) is 20.3 Å². The zero-order chi connectivity index (χ0) is 17.2. The highest BCUT2D eigenvalue weighted by atomic mass is 32.2. The molecule has 1 aromatic heterocycles. The molecule has 2 heterocycles. The summed E-state index contributed by atoms with van der Waals surface area (Å²) < 4.78 is 1.11. The van der Waals surface area contributed by atoms with Gasteiger partial charge >= 0.3 is 0 Å². The minimum Gasteiger partial charge on any atom is -0.348 e. The van der Waals surface area contributed by atoms with Crippen LogP contribution in [0.3, 0.4) is 0 Å². The van der Waals surface area contributed by atoms with Crippen LogP contribution in [0.5, 0.6) is 0 Å². The van der Waals surface area contributed by atoms with Crippen LogP contribution in [-0.2, 0) is 11.3 Å². The van der Waals surface area contributed by atoms with Gasteiger partial charge in [-0.1, -0.05) is 35.5 Å². The van der Waals surface area contributed by atoms with Crippen LogP contribution < -0.4 is 10.9 Å². The van der Waals surface area contributed by atoms with E-state index in [1.54, 1.807) is 36.0 Å². The molecule has 0 fully saturated rings. The van der Waals surface area contributed by atoms with Crippen LogP contribution in [0.2, 0.25) is 0 Å². The molecular formula is C18H16N4O2S. The Bertz CT molecular complexity index is 1000. The van der Waals surface area contributed by atoms with E-state index in [9.17, 15) is 9.59 Å². The molecule has 0 unspecified atom stereocenters. The van der Waals surface area contributed by atoms with E-state index in [4.69, 9.17) is 0 Å². The van der Waals surface area contributed by atoms with E-state index in [-0.39, 0.29) is 24.1 Å². The summed E-state index contributed by atoms with van der Waals surface area (Å²) in [5.41, 5.74) is 1.35. The van der Waals surface area contributed by atoms with Gasteiger partial charge in [0.05, 0.1) is 11.4 Å². The van der Waals surface area contributed by atoms with E-state index < -0.39 is 0 Å². The number of amides is 1. The Kier molecular flexibility index (Phi) is 4.23. The van der Waals surface area contributed by atoms with Gasteiger partial charge in [0.25, 0.3) is 5.56 Å². The average molecular weight is 352 g/mol. The third-order valence-electron chi connectivity index (χ3n) is 4.22. The van der Waals surface area contributed by atoms with Crippen molar-refractivity contribution in [2.45, 2.75) is 23.9 Å². The van der Waals surface area contributed by atoms with Crippen LogP contribution in [0.25, 0.3) is 10.9 Å². The molecule has 1 aliphatic heterocycles. The SMILES string of the molecule is O=C(Cn1nnc2ccccc2c1=O)N[C@@H]1CCSc2ccccc21. The lowest BCUT2D eigenvalue weighted by atomic mass is 10.0. The molecule has 0 aliphatic carbocycles. The number of hydrogen-bond donors (Lipinski definition) is 1. The Morgan fingerprint density at radius 3 is 2.92 bits per heavy atom. The van der Waals surface area contributed by atoms with Crippen LogP contribution in [0, 0.1) is 0 Å². The fraction of sp³-hybridized carbons (Fsp3) is 0.222. The summed E-state index contributed by atoms with van der Waals surface area (Å²) in [6, 6.07) is 15.0. The first-order chi connectivity index (χ1) is 12.2. The summed E-state index contributed by atoms with van der Waals surface area (Å²) in [6.45, 7) is -0.136. The molecule has 0 radical (unpaired) electrons. The Hall–Kier alpha value is -2.67. The molecule has 1 N–H and O–H groups in total. The molecule has 1 amide bonds. The quantitative estimate of drug-likeness (QED) is 0.781. The van der Waals surface area contributed by atoms with Crippen LogP contribution >= 0.6 is 11.8 Å². The second-order valence-electron chi connectivity index (χ2n) is 5.86. The number of fused-ring (bicyclic) bond motifs is 2. The molecule has 0 spiro atoms. The molecule has 25 heavy (non-hydrogen) atoms. The second kappa shape index (κ2) is 6.68. The van der Waals surface area contributed by atoms with Crippen LogP contribution in [0.4, 0.5) is 0 Å². The largest absolute Gasteiger partial charge is 0.348 e. The lowest BCUT2D eigenvalue weighted by Crippen LogP contribution is -2.37. The number of hydrogen-bond acceptors (Lipinski definition) is 5. The van der Waals surface area contributed by atoms with E-state index in [1.807, 2.05) is 18.2 Å². The van der Waals surface area contributed by atoms with Crippen molar-refractivity contribution < 1.29 is 4.79 Å². The fourth-order valence-corrected chi connectivity index (χ4v) is 4.12. The molecule has 0 saturated carbocycles. The number of thioether (sulfide) groups is 1. The van der Waals surface area contributed by atoms with Gasteiger partial charge < -0.3 is 5.32 Å². The Morgan fingerprint density at radius 1 is 1.20 bits per heavy atom. The van der Waals surface area contributed by atoms with Gasteiger partial charge in [-0.25, -0.2) is 4.68 Å². The molecule has 6 nitrogen and oxygen atoms in total. The summed E-state index contributed by atoms with van der Waals surface area (Å²) in [6.07, 6.45) is 0.867. The zero-order valence-electron chi connectivity index (χ0n) is 13.4. The summed E-state index contributed by atoms with van der Waals surface area (Å²) in [5.74, 6) is 0.718. The zero-order valence-corrected chi connectivity index (χ0v) is 14.2. The van der Waals surface area contributed by atoms with Gasteiger partial charge in [0.2, 0.25) is 5.91 Å². The fourth-order valence-electron chi connectivity index (χ4n) is 2.99. The molecule has 4 rings (SSSR count). The Labute approximate surface area is 148 Å². The molecule has 7 heteroatoms. The first-order valence-electron chi connectivity index (χ1n) is 8.06. The van der Waals surface area contributed by atoms with Gasteiger partial charge in [0.15, 0.2) is 0 Å². The van der Waals surface area contributed by atoms with Crippen molar-refractivity contribution in [2.24, 2.45) is 0 Å². The van der Waals surface area contributed by atoms with Crippen molar-refractivity contribution >= 4 is 28.6 Å². The van der Waals surface area contributed by atoms with Crippen LogP contribution in [-0.4, -0.2) is 26.7 Å². The standard InChI is InChI=1S/C18H16N4O2S/c23-17(19-14-9-10-25-16-8-4-2-5-12(14)16)11-22-18(24)13-6-1-3-7-15(13)20-21-22/h1-8,14H,9-11H2,(H,19,23)/t14-/m1/s1. The monoisotopic (exact) mass is 352 g/mol. The summed E-state index contributed by atoms with van der Waals surface area (Å²) in [4.78, 5) is 26.1. The first-order valence-corrected chi connectivity index (χ1v) is 9.04. The van der Waals surface area contributed by atoms with E-state index in [1.165, 1.54) is 4.90 Å². The Balaban J connectivity index is 1.54. The lowest BCUT2D eigenvalue weighted by Gasteiger charge is -2.25. The third kappa shape index (κ3) is 3.15. The second-order valence-corrected chi connectivity index (χ2v) is 7.00. The molecule has 3 aromatic rings. The number of benzene rings is 2. The van der Waals surface area contributed by atoms with Gasteiger partial charge in [0, 0.05) is 10.6 Å². The van der Waals surface area contributed by atoms with Crippen molar-refractivity contribution in [3.05, 3.63) is 64.4 Å². The van der Waals surface area contributed by atoms with Crippen molar-refractivity contribution in [3.63, 3.8) is 0 Å². The number of carbonyl (C=O) groups is 1. The number of nitrogens with one attached hydrogen (secondary N) is 1. The van der Waals surface area contributed by atoms with Crippen LogP contribution in [0.1, 0.15) is 18.0 Å². The van der Waals surface area contributed by atoms with Crippen molar-refractivity contribution in [3.8, 4) is 0 Å². The highest BCUT2D eigenvalue weighted by Crippen LogP contribution is 2.35. The number of nitrogens with zero attached hydrogens (tertiary/aromatic N) is 3. The number of carbonyl (C=O) groups excluding carboxylic acids is 1. The molecule has 2 aromatic carbocycles. The minimum atomic E-state index is -0.305. The predicted molar refractivity (Wildman–Crippen MR) is 96.5 cm³/mol. The first kappa shape index (κ1) is 15.8. The van der Waals surface area contributed by atoms with Gasteiger partial charge in [-0.3, -0.25) is 9.59 Å². The summed E-state index contributed by atoms with van der Waals surface area (Å²) in [5, 5.41) is 11.4. The summed E-state index contributed by atoms with van der Waals surface area (Å²) >= 11 is 1.80. The molecule has 0 bridgehead atoms. The molecular weight excluding hydrogens is 336 g/mol. The van der Waals surface area contributed by atoms with Crippen molar-refractivity contribution in [2.75, 3.05) is 5.75 Å². The number of rotatable bonds is 3. The maximum atomic E-state index is 12.4. The molecule has 0 saturated heterocycles. The topological polar surface area (TPSA) is 76.9 Å². The van der Waals surface area contributed by atoms with Gasteiger partial charge in [-0.05, 0) is 30.2 Å². The maximum absolute atomic E-state index is 12.4. The van der Waals surface area contributed by atoms with Crippen LogP contribution in [0.15, 0.2) is 58.2 Å². The van der Waals surface area contributed by atoms with E-state index in [2.05, 4.69) is 21.7 Å². The summed E-state index contributed by atoms with van der Waals surface area (Å²) in [7, 11) is 0. The average Bonchev–Trinajstić information content (AvgIpc) is 2.65. The maximum Gasteiger partial charge on any atom is 0.278 e. The minimum absolute atomic E-state index is 0.0333. The van der Waals surface area contributed by atoms with Gasteiger partial charge in [-0.2, -0.15) is 0 Å². The van der Waals surface area contributed by atoms with Gasteiger partial charge in [-0.15, -0.1) is 16.9 Å². The molecule has 1 aliphatic rings. The number of aromatic nitrogens is 3. The normalized spacial score (nSPS) is 16.4. The predicted octanol–water partition coefficient (Wildman–Crippen LogP) is 2.14. The van der Waals surface area contributed by atoms with E-state index >= 15 is 0 Å². The lowest BCUT2D eigenvalue weighted by molar-refractivity contribution is -0.122. The molecule has 126 valence electrons. The van der Waals surface area contributed by atoms with E-state index in [0.717, 1.165) is 22.4 Å². The smallest absolute Gasteiger partial charge is 0.278 e. The van der Waals surface area contributed by atoms with E-state index in [0.29, 0.717) is 10.9 Å². The third-order valence-corrected chi connectivity index (χ3v) is 5.34. The van der Waals surface area contributed by atoms with Crippen molar-refractivity contribution in [1.29, 1.82) is 0 Å². The highest BCUT2D eigenvalue weighted by molar-refractivity contribution is 7.99. The highest BCUT2D eigenvalue weighted by Gasteiger charge is 2.22. The Morgan fingerprint density at radius 2 is 2.00 bits per heavy atom. The molecule has 1 atom stereocenters.